The zero-order valence-electron chi connectivity index (χ0n) is 15.0. The lowest BCUT2D eigenvalue weighted by atomic mass is 9.96. The second-order valence-corrected chi connectivity index (χ2v) is 6.78. The number of ether oxygens (including phenoxy) is 1. The van der Waals surface area contributed by atoms with Crippen LogP contribution in [0.2, 0.25) is 0 Å². The molecule has 2 rings (SSSR count). The molecular formula is C18H24N4O3. The molecule has 0 aromatic carbocycles. The van der Waals surface area contributed by atoms with E-state index < -0.39 is 6.10 Å². The first-order valence-corrected chi connectivity index (χ1v) is 8.05. The van der Waals surface area contributed by atoms with Crippen LogP contribution in [0.15, 0.2) is 30.9 Å². The summed E-state index contributed by atoms with van der Waals surface area (Å²) in [5, 5.41) is 12.9. The zero-order chi connectivity index (χ0) is 18.4. The molecule has 1 amide bonds. The number of nitrogens with zero attached hydrogens (tertiary/aromatic N) is 3. The molecule has 2 N–H and O–H groups in total. The van der Waals surface area contributed by atoms with Crippen LogP contribution in [0.1, 0.15) is 43.8 Å². The number of aromatic nitrogens is 3. The highest BCUT2D eigenvalue weighted by Crippen LogP contribution is 2.23. The van der Waals surface area contributed by atoms with Gasteiger partial charge in [0.05, 0.1) is 13.5 Å². The first kappa shape index (κ1) is 18.8. The molecule has 0 fully saturated rings. The van der Waals surface area contributed by atoms with Gasteiger partial charge >= 0.3 is 0 Å². The highest BCUT2D eigenvalue weighted by Gasteiger charge is 2.18. The summed E-state index contributed by atoms with van der Waals surface area (Å²) in [5.74, 6) is 1.05. The molecule has 0 bridgehead atoms. The van der Waals surface area contributed by atoms with Crippen molar-refractivity contribution >= 4 is 5.91 Å². The van der Waals surface area contributed by atoms with E-state index in [1.165, 1.54) is 13.3 Å². The van der Waals surface area contributed by atoms with Crippen LogP contribution in [0.4, 0.5) is 0 Å². The Bertz CT molecular complexity index is 711. The third-order valence-electron chi connectivity index (χ3n) is 3.62. The number of methoxy groups -OCH3 is 1. The molecule has 1 unspecified atom stereocenters. The maximum Gasteiger partial charge on any atom is 0.224 e. The quantitative estimate of drug-likeness (QED) is 0.825. The van der Waals surface area contributed by atoms with Crippen LogP contribution in [0.3, 0.4) is 0 Å². The Kier molecular flexibility index (Phi) is 6.03. The van der Waals surface area contributed by atoms with E-state index in [2.05, 4.69) is 20.3 Å². The van der Waals surface area contributed by atoms with Crippen molar-refractivity contribution in [2.24, 2.45) is 0 Å². The molecule has 0 saturated heterocycles. The van der Waals surface area contributed by atoms with Gasteiger partial charge in [-0.3, -0.25) is 9.78 Å². The van der Waals surface area contributed by atoms with E-state index in [1.54, 1.807) is 24.7 Å². The van der Waals surface area contributed by atoms with E-state index in [9.17, 15) is 9.90 Å². The Morgan fingerprint density at radius 1 is 1.28 bits per heavy atom. The predicted octanol–water partition coefficient (Wildman–Crippen LogP) is 1.57. The molecule has 2 aromatic rings. The lowest BCUT2D eigenvalue weighted by Gasteiger charge is -2.16. The molecule has 0 spiro atoms. The van der Waals surface area contributed by atoms with Crippen molar-refractivity contribution < 1.29 is 14.6 Å². The minimum atomic E-state index is -0.896. The van der Waals surface area contributed by atoms with Gasteiger partial charge in [0, 0.05) is 42.3 Å². The van der Waals surface area contributed by atoms with Gasteiger partial charge in [-0.1, -0.05) is 20.8 Å². The first-order valence-electron chi connectivity index (χ1n) is 8.05. The van der Waals surface area contributed by atoms with Gasteiger partial charge < -0.3 is 15.2 Å². The van der Waals surface area contributed by atoms with Crippen molar-refractivity contribution in [1.29, 1.82) is 0 Å². The average molecular weight is 344 g/mol. The Morgan fingerprint density at radius 3 is 2.56 bits per heavy atom. The minimum Gasteiger partial charge on any atom is -0.496 e. The highest BCUT2D eigenvalue weighted by molar-refractivity contribution is 5.78. The Balaban J connectivity index is 1.90. The van der Waals surface area contributed by atoms with Gasteiger partial charge in [0.25, 0.3) is 0 Å². The smallest absolute Gasteiger partial charge is 0.224 e. The van der Waals surface area contributed by atoms with Crippen molar-refractivity contribution in [1.82, 2.24) is 20.3 Å². The minimum absolute atomic E-state index is 0.0712. The molecule has 2 aromatic heterocycles. The number of hydrogen-bond donors (Lipinski definition) is 2. The first-order chi connectivity index (χ1) is 11.8. The molecule has 0 aliphatic rings. The number of hydrogen-bond acceptors (Lipinski definition) is 6. The van der Waals surface area contributed by atoms with Crippen LogP contribution in [0, 0.1) is 0 Å². The Hall–Kier alpha value is -2.54. The Labute approximate surface area is 147 Å². The molecule has 0 aliphatic heterocycles. The fourth-order valence-corrected chi connectivity index (χ4v) is 2.23. The monoisotopic (exact) mass is 344 g/mol. The van der Waals surface area contributed by atoms with Crippen LogP contribution >= 0.6 is 0 Å². The molecule has 0 radical (unpaired) electrons. The van der Waals surface area contributed by atoms with Gasteiger partial charge in [-0.25, -0.2) is 9.97 Å². The van der Waals surface area contributed by atoms with Gasteiger partial charge in [0.15, 0.2) is 0 Å². The number of aliphatic hydroxyl groups excluding tert-OH is 1. The fourth-order valence-electron chi connectivity index (χ4n) is 2.23. The molecule has 7 nitrogen and oxygen atoms in total. The summed E-state index contributed by atoms with van der Waals surface area (Å²) < 4.78 is 5.18. The molecule has 25 heavy (non-hydrogen) atoms. The summed E-state index contributed by atoms with van der Waals surface area (Å²) >= 11 is 0. The van der Waals surface area contributed by atoms with Crippen LogP contribution in [0.25, 0.3) is 0 Å². The number of carbonyl (C=O) groups is 1. The van der Waals surface area contributed by atoms with Crippen molar-refractivity contribution in [3.8, 4) is 5.75 Å². The average Bonchev–Trinajstić information content (AvgIpc) is 2.59. The maximum atomic E-state index is 12.1. The van der Waals surface area contributed by atoms with Gasteiger partial charge in [0.2, 0.25) is 5.91 Å². The summed E-state index contributed by atoms with van der Waals surface area (Å²) in [6, 6.07) is 1.66. The molecular weight excluding hydrogens is 320 g/mol. The summed E-state index contributed by atoms with van der Waals surface area (Å²) in [4.78, 5) is 24.6. The number of aliphatic hydroxyl groups is 1. The van der Waals surface area contributed by atoms with Crippen molar-refractivity contribution in [2.75, 3.05) is 13.7 Å². The largest absolute Gasteiger partial charge is 0.496 e. The van der Waals surface area contributed by atoms with E-state index in [0.29, 0.717) is 11.3 Å². The van der Waals surface area contributed by atoms with Gasteiger partial charge in [0.1, 0.15) is 17.7 Å². The molecule has 2 heterocycles. The van der Waals surface area contributed by atoms with E-state index >= 15 is 0 Å². The third kappa shape index (κ3) is 5.22. The van der Waals surface area contributed by atoms with Crippen molar-refractivity contribution in [3.63, 3.8) is 0 Å². The SMILES string of the molecule is COc1ccncc1C(O)CNC(=O)Cc1cnc(C(C)(C)C)nc1. The van der Waals surface area contributed by atoms with Crippen LogP contribution in [-0.4, -0.2) is 39.6 Å². The summed E-state index contributed by atoms with van der Waals surface area (Å²) in [6.07, 6.45) is 5.68. The zero-order valence-corrected chi connectivity index (χ0v) is 15.0. The lowest BCUT2D eigenvalue weighted by molar-refractivity contribution is -0.120. The number of amides is 1. The van der Waals surface area contributed by atoms with E-state index in [-0.39, 0.29) is 24.3 Å². The normalized spacial score (nSPS) is 12.5. The number of nitrogens with one attached hydrogen (secondary N) is 1. The summed E-state index contributed by atoms with van der Waals surface area (Å²) in [7, 11) is 1.52. The second kappa shape index (κ2) is 8.02. The lowest BCUT2D eigenvalue weighted by Crippen LogP contribution is -2.30. The summed E-state index contributed by atoms with van der Waals surface area (Å²) in [6.45, 7) is 6.16. The van der Waals surface area contributed by atoms with Crippen molar-refractivity contribution in [2.45, 2.75) is 38.7 Å². The van der Waals surface area contributed by atoms with Crippen LogP contribution in [-0.2, 0) is 16.6 Å². The molecule has 134 valence electrons. The number of pyridine rings is 1. The topological polar surface area (TPSA) is 97.2 Å². The summed E-state index contributed by atoms with van der Waals surface area (Å²) in [5.41, 5.74) is 1.12. The van der Waals surface area contributed by atoms with Gasteiger partial charge in [-0.15, -0.1) is 0 Å². The van der Waals surface area contributed by atoms with Gasteiger partial charge in [-0.05, 0) is 11.6 Å². The van der Waals surface area contributed by atoms with E-state index in [4.69, 9.17) is 4.74 Å². The van der Waals surface area contributed by atoms with E-state index in [0.717, 1.165) is 11.4 Å². The van der Waals surface area contributed by atoms with Crippen LogP contribution in [0.5, 0.6) is 5.75 Å². The standard InChI is InChI=1S/C18H24N4O3/c1-18(2,3)17-21-8-12(9-22-17)7-16(24)20-11-14(23)13-10-19-6-5-15(13)25-4/h5-6,8-10,14,23H,7,11H2,1-4H3,(H,20,24). The number of carbonyl (C=O) groups excluding carboxylic acids is 1. The van der Waals surface area contributed by atoms with Crippen molar-refractivity contribution in [3.05, 3.63) is 47.8 Å². The Morgan fingerprint density at radius 2 is 1.96 bits per heavy atom. The second-order valence-electron chi connectivity index (χ2n) is 6.78. The molecule has 0 aliphatic carbocycles. The fraction of sp³-hybridized carbons (Fsp3) is 0.444. The van der Waals surface area contributed by atoms with Gasteiger partial charge in [-0.2, -0.15) is 0 Å². The third-order valence-corrected chi connectivity index (χ3v) is 3.62. The van der Waals surface area contributed by atoms with E-state index in [1.807, 2.05) is 20.8 Å². The molecule has 0 saturated carbocycles. The van der Waals surface area contributed by atoms with Crippen LogP contribution < -0.4 is 10.1 Å². The molecule has 7 heteroatoms. The highest BCUT2D eigenvalue weighted by atomic mass is 16.5. The molecule has 1 atom stereocenters. The predicted molar refractivity (Wildman–Crippen MR) is 93.2 cm³/mol. The number of rotatable bonds is 6. The maximum absolute atomic E-state index is 12.1.